The summed E-state index contributed by atoms with van der Waals surface area (Å²) in [4.78, 5) is 4.22. The summed E-state index contributed by atoms with van der Waals surface area (Å²) in [6.07, 6.45) is 1.76. The summed E-state index contributed by atoms with van der Waals surface area (Å²) in [5, 5.41) is 0. The second-order valence-electron chi connectivity index (χ2n) is 3.68. The lowest BCUT2D eigenvalue weighted by molar-refractivity contribution is 0.296. The van der Waals surface area contributed by atoms with Crippen molar-refractivity contribution in [1.82, 2.24) is 0 Å². The van der Waals surface area contributed by atoms with Gasteiger partial charge in [-0.25, -0.2) is 0 Å². The molecule has 0 saturated carbocycles. The number of benzene rings is 1. The van der Waals surface area contributed by atoms with Gasteiger partial charge in [0.2, 0.25) is 0 Å². The largest absolute Gasteiger partial charge is 0.493 e. The van der Waals surface area contributed by atoms with E-state index in [2.05, 4.69) is 18.0 Å². The SMILES string of the molecule is CCc1ccccc1OCCC1=NCCO1. The maximum atomic E-state index is 5.73. The summed E-state index contributed by atoms with van der Waals surface area (Å²) < 4.78 is 11.0. The van der Waals surface area contributed by atoms with Crippen LogP contribution in [-0.4, -0.2) is 25.7 Å². The van der Waals surface area contributed by atoms with Gasteiger partial charge in [0.1, 0.15) is 12.4 Å². The predicted octanol–water partition coefficient (Wildman–Crippen LogP) is 2.45. The summed E-state index contributed by atoms with van der Waals surface area (Å²) in [6, 6.07) is 8.14. The highest BCUT2D eigenvalue weighted by molar-refractivity contribution is 5.77. The normalized spacial score (nSPS) is 14.4. The number of hydrogen-bond acceptors (Lipinski definition) is 3. The summed E-state index contributed by atoms with van der Waals surface area (Å²) in [7, 11) is 0. The van der Waals surface area contributed by atoms with Crippen molar-refractivity contribution in [2.75, 3.05) is 19.8 Å². The van der Waals surface area contributed by atoms with Crippen LogP contribution in [-0.2, 0) is 11.2 Å². The number of hydrogen-bond donors (Lipinski definition) is 0. The molecular weight excluding hydrogens is 202 g/mol. The van der Waals surface area contributed by atoms with Crippen LogP contribution in [0, 0.1) is 0 Å². The van der Waals surface area contributed by atoms with Gasteiger partial charge in [-0.1, -0.05) is 25.1 Å². The van der Waals surface area contributed by atoms with Gasteiger partial charge in [0.05, 0.1) is 19.6 Å². The quantitative estimate of drug-likeness (QED) is 0.761. The minimum Gasteiger partial charge on any atom is -0.493 e. The second kappa shape index (κ2) is 5.54. The van der Waals surface area contributed by atoms with Crippen molar-refractivity contribution < 1.29 is 9.47 Å². The lowest BCUT2D eigenvalue weighted by Crippen LogP contribution is -2.07. The fourth-order valence-electron chi connectivity index (χ4n) is 1.72. The first kappa shape index (κ1) is 11.0. The Labute approximate surface area is 96.1 Å². The Morgan fingerprint density at radius 1 is 1.38 bits per heavy atom. The first-order valence-electron chi connectivity index (χ1n) is 5.77. The number of aryl methyl sites for hydroxylation is 1. The first-order valence-corrected chi connectivity index (χ1v) is 5.77. The number of rotatable bonds is 5. The molecule has 3 heteroatoms. The highest BCUT2D eigenvalue weighted by atomic mass is 16.5. The van der Waals surface area contributed by atoms with E-state index in [0.29, 0.717) is 6.61 Å². The van der Waals surface area contributed by atoms with Gasteiger partial charge in [-0.3, -0.25) is 4.99 Å². The lowest BCUT2D eigenvalue weighted by Gasteiger charge is -2.09. The van der Waals surface area contributed by atoms with Crippen LogP contribution in [0.15, 0.2) is 29.3 Å². The van der Waals surface area contributed by atoms with E-state index in [1.54, 1.807) is 0 Å². The second-order valence-corrected chi connectivity index (χ2v) is 3.68. The van der Waals surface area contributed by atoms with Gasteiger partial charge in [-0.15, -0.1) is 0 Å². The molecule has 0 radical (unpaired) electrons. The molecule has 0 fully saturated rings. The average molecular weight is 219 g/mol. The van der Waals surface area contributed by atoms with Crippen LogP contribution in [0.4, 0.5) is 0 Å². The molecular formula is C13H17NO2. The Kier molecular flexibility index (Phi) is 3.81. The van der Waals surface area contributed by atoms with Crippen molar-refractivity contribution >= 4 is 5.90 Å². The Morgan fingerprint density at radius 2 is 2.25 bits per heavy atom. The molecule has 1 aromatic carbocycles. The molecule has 0 spiro atoms. The maximum absolute atomic E-state index is 5.73. The fraction of sp³-hybridized carbons (Fsp3) is 0.462. The number of nitrogens with zero attached hydrogens (tertiary/aromatic N) is 1. The van der Waals surface area contributed by atoms with Crippen molar-refractivity contribution in [3.05, 3.63) is 29.8 Å². The Balaban J connectivity index is 1.84. The molecule has 0 unspecified atom stereocenters. The maximum Gasteiger partial charge on any atom is 0.186 e. The summed E-state index contributed by atoms with van der Waals surface area (Å²) in [5.74, 6) is 1.80. The van der Waals surface area contributed by atoms with Gasteiger partial charge in [-0.05, 0) is 18.1 Å². The van der Waals surface area contributed by atoms with Gasteiger partial charge in [0.15, 0.2) is 5.90 Å². The predicted molar refractivity (Wildman–Crippen MR) is 64.2 cm³/mol. The van der Waals surface area contributed by atoms with Crippen molar-refractivity contribution in [2.24, 2.45) is 4.99 Å². The van der Waals surface area contributed by atoms with Crippen molar-refractivity contribution in [3.63, 3.8) is 0 Å². The molecule has 2 rings (SSSR count). The van der Waals surface area contributed by atoms with Crippen LogP contribution in [0.1, 0.15) is 18.9 Å². The van der Waals surface area contributed by atoms with E-state index in [4.69, 9.17) is 9.47 Å². The Bertz CT molecular complexity index is 374. The van der Waals surface area contributed by atoms with E-state index in [9.17, 15) is 0 Å². The monoisotopic (exact) mass is 219 g/mol. The third kappa shape index (κ3) is 2.75. The molecule has 0 atom stereocenters. The van der Waals surface area contributed by atoms with Crippen LogP contribution in [0.3, 0.4) is 0 Å². The zero-order chi connectivity index (χ0) is 11.2. The van der Waals surface area contributed by atoms with Crippen LogP contribution < -0.4 is 4.74 Å². The summed E-state index contributed by atoms with van der Waals surface area (Å²) in [6.45, 7) is 4.28. The topological polar surface area (TPSA) is 30.8 Å². The molecule has 0 amide bonds. The zero-order valence-electron chi connectivity index (χ0n) is 9.61. The Hall–Kier alpha value is -1.51. The minimum atomic E-state index is 0.635. The number of para-hydroxylation sites is 1. The molecule has 1 aromatic rings. The molecule has 0 N–H and O–H groups in total. The van der Waals surface area contributed by atoms with E-state index in [1.807, 2.05) is 18.2 Å². The highest BCUT2D eigenvalue weighted by Crippen LogP contribution is 2.18. The van der Waals surface area contributed by atoms with Crippen molar-refractivity contribution in [2.45, 2.75) is 19.8 Å². The molecule has 0 saturated heterocycles. The third-order valence-electron chi connectivity index (χ3n) is 2.58. The molecule has 0 aliphatic carbocycles. The number of ether oxygens (including phenoxy) is 2. The molecule has 0 aromatic heterocycles. The van der Waals surface area contributed by atoms with E-state index >= 15 is 0 Å². The average Bonchev–Trinajstić information content (AvgIpc) is 2.83. The van der Waals surface area contributed by atoms with Gasteiger partial charge < -0.3 is 9.47 Å². The molecule has 3 nitrogen and oxygen atoms in total. The number of aliphatic imine (C=N–C) groups is 1. The van der Waals surface area contributed by atoms with Gasteiger partial charge in [-0.2, -0.15) is 0 Å². The zero-order valence-corrected chi connectivity index (χ0v) is 9.61. The Morgan fingerprint density at radius 3 is 3.00 bits per heavy atom. The van der Waals surface area contributed by atoms with Gasteiger partial charge in [0.25, 0.3) is 0 Å². The standard InChI is InChI=1S/C13H17NO2/c1-2-11-5-3-4-6-12(11)15-9-7-13-14-8-10-16-13/h3-6H,2,7-10H2,1H3. The first-order chi connectivity index (χ1) is 7.90. The van der Waals surface area contributed by atoms with Crippen molar-refractivity contribution in [1.29, 1.82) is 0 Å². The highest BCUT2D eigenvalue weighted by Gasteiger charge is 2.07. The van der Waals surface area contributed by atoms with Crippen molar-refractivity contribution in [3.8, 4) is 5.75 Å². The lowest BCUT2D eigenvalue weighted by atomic mass is 10.1. The van der Waals surface area contributed by atoms with Crippen LogP contribution in [0.25, 0.3) is 0 Å². The minimum absolute atomic E-state index is 0.635. The molecule has 86 valence electrons. The fourth-order valence-corrected chi connectivity index (χ4v) is 1.72. The molecule has 1 aliphatic rings. The van der Waals surface area contributed by atoms with Crippen LogP contribution in [0.2, 0.25) is 0 Å². The smallest absolute Gasteiger partial charge is 0.186 e. The van der Waals surface area contributed by atoms with Gasteiger partial charge >= 0.3 is 0 Å². The molecule has 1 heterocycles. The summed E-state index contributed by atoms with van der Waals surface area (Å²) in [5.41, 5.74) is 1.25. The van der Waals surface area contributed by atoms with E-state index in [0.717, 1.165) is 37.6 Å². The molecule has 16 heavy (non-hydrogen) atoms. The summed E-state index contributed by atoms with van der Waals surface area (Å²) >= 11 is 0. The molecule has 0 bridgehead atoms. The van der Waals surface area contributed by atoms with Gasteiger partial charge in [0, 0.05) is 0 Å². The van der Waals surface area contributed by atoms with Crippen LogP contribution in [0.5, 0.6) is 5.75 Å². The van der Waals surface area contributed by atoms with E-state index < -0.39 is 0 Å². The van der Waals surface area contributed by atoms with E-state index in [-0.39, 0.29) is 0 Å². The molecule has 1 aliphatic heterocycles. The van der Waals surface area contributed by atoms with Crippen LogP contribution >= 0.6 is 0 Å². The third-order valence-corrected chi connectivity index (χ3v) is 2.58. The van der Waals surface area contributed by atoms with E-state index in [1.165, 1.54) is 5.56 Å².